The second-order valence-corrected chi connectivity index (χ2v) is 7.47. The first-order valence-corrected chi connectivity index (χ1v) is 9.09. The molecule has 7 heteroatoms. The fourth-order valence-corrected chi connectivity index (χ4v) is 4.47. The molecule has 0 saturated heterocycles. The predicted molar refractivity (Wildman–Crippen MR) is 86.2 cm³/mol. The van der Waals surface area contributed by atoms with E-state index in [1.54, 1.807) is 12.1 Å². The molecule has 2 N–H and O–H groups in total. The molecule has 0 bridgehead atoms. The topological polar surface area (TPSA) is 75.6 Å². The number of benzene rings is 1. The van der Waals surface area contributed by atoms with Gasteiger partial charge in [-0.25, -0.2) is 0 Å². The van der Waals surface area contributed by atoms with Gasteiger partial charge in [-0.05, 0) is 0 Å². The summed E-state index contributed by atoms with van der Waals surface area (Å²) in [5, 5.41) is 11.2. The first-order valence-electron chi connectivity index (χ1n) is 6.83. The Morgan fingerprint density at radius 2 is 2.26 bits per heavy atom. The maximum atomic E-state index is 13.4. The van der Waals surface area contributed by atoms with Crippen LogP contribution in [0.15, 0.2) is 45.4 Å². The first kappa shape index (κ1) is 15.7. The molecule has 0 unspecified atom stereocenters. The second-order valence-electron chi connectivity index (χ2n) is 5.05. The molecule has 2 aliphatic heterocycles. The third-order valence-corrected chi connectivity index (χ3v) is 5.71. The number of ether oxygens (including phenoxy) is 1. The van der Waals surface area contributed by atoms with Crippen molar-refractivity contribution in [3.63, 3.8) is 0 Å². The Morgan fingerprint density at radius 1 is 1.43 bits per heavy atom. The molecule has 0 aliphatic carbocycles. The van der Waals surface area contributed by atoms with Crippen LogP contribution in [0.5, 0.6) is 0 Å². The van der Waals surface area contributed by atoms with Crippen molar-refractivity contribution in [1.29, 1.82) is 0 Å². The van der Waals surface area contributed by atoms with Crippen molar-refractivity contribution in [3.05, 3.63) is 56.8 Å². The summed E-state index contributed by atoms with van der Waals surface area (Å²) in [6, 6.07) is 4.20. The Hall–Kier alpha value is -2.21. The number of hydrogen-bond acceptors (Lipinski definition) is 3. The molecule has 1 aromatic carbocycles. The van der Waals surface area contributed by atoms with E-state index in [-0.39, 0.29) is 24.9 Å². The van der Waals surface area contributed by atoms with Crippen LogP contribution in [-0.4, -0.2) is 45.2 Å². The summed E-state index contributed by atoms with van der Waals surface area (Å²) in [4.78, 5) is 24.5. The van der Waals surface area contributed by atoms with Gasteiger partial charge >= 0.3 is 137 Å². The van der Waals surface area contributed by atoms with Crippen LogP contribution in [0.3, 0.4) is 0 Å². The Kier molecular flexibility index (Phi) is 4.43. The van der Waals surface area contributed by atoms with E-state index in [0.717, 1.165) is 10.0 Å². The van der Waals surface area contributed by atoms with Crippen LogP contribution >= 0.6 is 0 Å². The van der Waals surface area contributed by atoms with Crippen LogP contribution in [0.25, 0.3) is 5.57 Å². The van der Waals surface area contributed by atoms with Crippen molar-refractivity contribution in [2.45, 2.75) is 0 Å². The molecule has 2 heterocycles. The van der Waals surface area contributed by atoms with Crippen molar-refractivity contribution >= 4 is 38.1 Å². The van der Waals surface area contributed by atoms with Gasteiger partial charge in [0, 0.05) is 0 Å². The number of amides is 1. The zero-order valence-corrected chi connectivity index (χ0v) is 14.0. The van der Waals surface area contributed by atoms with Crippen molar-refractivity contribution in [3.8, 4) is 0 Å². The number of carboxylic acids is 1. The third-order valence-electron chi connectivity index (χ3n) is 3.32. The van der Waals surface area contributed by atoms with E-state index < -0.39 is 20.9 Å². The van der Waals surface area contributed by atoms with Gasteiger partial charge in [0.2, 0.25) is 0 Å². The molecule has 23 heavy (non-hydrogen) atoms. The standard InChI is InChI=1S/C16H14FNO4Se/c17-10-1-2-14-12(4-10)13(16(21)18-14)5-11-3-9(8-23-11)6-22-7-15(19)20/h1-5,8H,6-7,23H2,(H,18,21)(H,19,20)/b13-5-. The number of carbonyl (C=O) groups is 2. The zero-order valence-electron chi connectivity index (χ0n) is 11.9. The van der Waals surface area contributed by atoms with Gasteiger partial charge < -0.3 is 0 Å². The quantitative estimate of drug-likeness (QED) is 0.593. The molecular formula is C16H14FNO4Se. The molecule has 2 aliphatic rings. The molecule has 0 spiro atoms. The number of halogens is 1. The number of anilines is 1. The summed E-state index contributed by atoms with van der Waals surface area (Å²) in [7, 11) is 0. The summed E-state index contributed by atoms with van der Waals surface area (Å²) in [6.07, 6.45) is 3.68. The number of aliphatic carboxylic acids is 1. The average molecular weight is 382 g/mol. The summed E-state index contributed by atoms with van der Waals surface area (Å²) >= 11 is -0.552. The van der Waals surface area contributed by atoms with E-state index >= 15 is 0 Å². The van der Waals surface area contributed by atoms with Gasteiger partial charge in [0.25, 0.3) is 0 Å². The minimum absolute atomic E-state index is 0.236. The summed E-state index contributed by atoms with van der Waals surface area (Å²) in [5.41, 5.74) is 2.55. The van der Waals surface area contributed by atoms with Gasteiger partial charge in [0.15, 0.2) is 0 Å². The number of fused-ring (bicyclic) bond motifs is 1. The molecule has 0 atom stereocenters. The van der Waals surface area contributed by atoms with Gasteiger partial charge in [-0.1, -0.05) is 0 Å². The summed E-state index contributed by atoms with van der Waals surface area (Å²) in [5.74, 6) is -1.63. The van der Waals surface area contributed by atoms with Crippen LogP contribution in [0.2, 0.25) is 0 Å². The number of carbonyl (C=O) groups excluding carboxylic acids is 1. The van der Waals surface area contributed by atoms with Crippen molar-refractivity contribution in [2.24, 2.45) is 0 Å². The molecule has 3 rings (SSSR count). The summed E-state index contributed by atoms with van der Waals surface area (Å²) in [6.45, 7) is -0.101. The Labute approximate surface area is 137 Å². The van der Waals surface area contributed by atoms with Crippen molar-refractivity contribution < 1.29 is 23.8 Å². The third kappa shape index (κ3) is 3.59. The van der Waals surface area contributed by atoms with Gasteiger partial charge in [0.1, 0.15) is 0 Å². The molecule has 1 aromatic rings. The fourth-order valence-electron chi connectivity index (χ4n) is 2.34. The minimum atomic E-state index is -1.01. The molecular weight excluding hydrogens is 368 g/mol. The van der Waals surface area contributed by atoms with Crippen LogP contribution in [0, 0.1) is 5.82 Å². The molecule has 0 saturated carbocycles. The number of carboxylic acid groups (broad SMARTS) is 1. The summed E-state index contributed by atoms with van der Waals surface area (Å²) < 4.78 is 19.5. The second kappa shape index (κ2) is 6.50. The molecule has 5 nitrogen and oxygen atoms in total. The van der Waals surface area contributed by atoms with Gasteiger partial charge in [-0.15, -0.1) is 0 Å². The van der Waals surface area contributed by atoms with Crippen LogP contribution < -0.4 is 5.32 Å². The Morgan fingerprint density at radius 3 is 3.04 bits per heavy atom. The van der Waals surface area contributed by atoms with Crippen molar-refractivity contribution in [1.82, 2.24) is 0 Å². The van der Waals surface area contributed by atoms with E-state index in [2.05, 4.69) is 5.32 Å². The monoisotopic (exact) mass is 383 g/mol. The average Bonchev–Trinajstić information content (AvgIpc) is 3.05. The van der Waals surface area contributed by atoms with Gasteiger partial charge in [-0.2, -0.15) is 0 Å². The first-order chi connectivity index (χ1) is 11.0. The number of hydrogen-bond donors (Lipinski definition) is 2. The Balaban J connectivity index is 1.75. The molecule has 0 fully saturated rings. The SMILES string of the molecule is O=C(O)COCC1=C[SeH2]C(/C=C2\C(=O)Nc3ccc(F)cc32)=C1. The number of rotatable bonds is 5. The Bertz CT molecular complexity index is 782. The van der Waals surface area contributed by atoms with E-state index in [1.807, 2.05) is 11.1 Å². The van der Waals surface area contributed by atoms with Crippen LogP contribution in [-0.2, 0) is 14.3 Å². The van der Waals surface area contributed by atoms with E-state index in [1.165, 1.54) is 12.1 Å². The van der Waals surface area contributed by atoms with Crippen molar-refractivity contribution in [2.75, 3.05) is 18.5 Å². The van der Waals surface area contributed by atoms with Crippen LogP contribution in [0.1, 0.15) is 5.56 Å². The number of allylic oxidation sites excluding steroid dienone is 2. The molecule has 120 valence electrons. The molecule has 0 aromatic heterocycles. The normalized spacial score (nSPS) is 19.5. The van der Waals surface area contributed by atoms with E-state index in [9.17, 15) is 14.0 Å². The maximum absolute atomic E-state index is 13.4. The van der Waals surface area contributed by atoms with Gasteiger partial charge in [0.05, 0.1) is 0 Å². The number of nitrogens with one attached hydrogen (secondary N) is 1. The fraction of sp³-hybridized carbons (Fsp3) is 0.125. The van der Waals surface area contributed by atoms with E-state index in [4.69, 9.17) is 9.84 Å². The molecule has 0 radical (unpaired) electrons. The van der Waals surface area contributed by atoms with Gasteiger partial charge in [-0.3, -0.25) is 0 Å². The predicted octanol–water partition coefficient (Wildman–Crippen LogP) is 1.21. The molecule has 1 amide bonds. The van der Waals surface area contributed by atoms with E-state index in [0.29, 0.717) is 16.8 Å². The van der Waals surface area contributed by atoms with Crippen LogP contribution in [0.4, 0.5) is 10.1 Å². The zero-order chi connectivity index (χ0) is 16.4.